The number of carbonyl (C=O) groups is 2. The Balaban J connectivity index is 1.59. The fourth-order valence-electron chi connectivity index (χ4n) is 3.57. The predicted molar refractivity (Wildman–Crippen MR) is 107 cm³/mol. The van der Waals surface area contributed by atoms with Crippen molar-refractivity contribution >= 4 is 17.5 Å². The quantitative estimate of drug-likeness (QED) is 0.602. The number of furan rings is 1. The molecule has 0 radical (unpaired) electrons. The summed E-state index contributed by atoms with van der Waals surface area (Å²) in [5.74, 6) is -0.339. The molecule has 1 aliphatic rings. The number of piperazine rings is 1. The summed E-state index contributed by atoms with van der Waals surface area (Å²) in [6.45, 7) is 6.54. The summed E-state index contributed by atoms with van der Waals surface area (Å²) in [5, 5.41) is 5.38. The molecule has 1 saturated heterocycles. The Labute approximate surface area is 165 Å². The van der Waals surface area contributed by atoms with Crippen LogP contribution in [0, 0.1) is 0 Å². The first-order chi connectivity index (χ1) is 13.7. The monoisotopic (exact) mass is 385 g/mol. The molecular formula is C21H29N4O3+. The van der Waals surface area contributed by atoms with E-state index in [0.29, 0.717) is 13.1 Å². The summed E-state index contributed by atoms with van der Waals surface area (Å²) < 4.78 is 5.63. The van der Waals surface area contributed by atoms with Gasteiger partial charge < -0.3 is 24.9 Å². The zero-order chi connectivity index (χ0) is 19.8. The van der Waals surface area contributed by atoms with Gasteiger partial charge >= 0.3 is 11.8 Å². The second-order valence-electron chi connectivity index (χ2n) is 7.01. The lowest BCUT2D eigenvalue weighted by atomic mass is 10.1. The molecule has 3 rings (SSSR count). The summed E-state index contributed by atoms with van der Waals surface area (Å²) >= 11 is 0. The number of para-hydroxylation sites is 1. The largest absolute Gasteiger partial charge is 0.463 e. The van der Waals surface area contributed by atoms with E-state index < -0.39 is 11.8 Å². The maximum Gasteiger partial charge on any atom is 0.309 e. The van der Waals surface area contributed by atoms with Crippen LogP contribution in [-0.4, -0.2) is 51.1 Å². The van der Waals surface area contributed by atoms with Crippen LogP contribution in [0.25, 0.3) is 0 Å². The Morgan fingerprint density at radius 2 is 1.79 bits per heavy atom. The summed E-state index contributed by atoms with van der Waals surface area (Å²) in [6.07, 6.45) is 2.45. The molecular weight excluding hydrogens is 356 g/mol. The lowest BCUT2D eigenvalue weighted by molar-refractivity contribution is -0.932. The van der Waals surface area contributed by atoms with E-state index in [-0.39, 0.29) is 6.04 Å². The highest BCUT2D eigenvalue weighted by atomic mass is 16.3. The number of amides is 2. The predicted octanol–water partition coefficient (Wildman–Crippen LogP) is 0.368. The molecule has 0 aliphatic carbocycles. The molecule has 28 heavy (non-hydrogen) atoms. The van der Waals surface area contributed by atoms with Crippen LogP contribution in [0.15, 0.2) is 53.1 Å². The molecule has 1 aromatic carbocycles. The standard InChI is InChI=1S/C21H28N4O3/c1-2-10-22-20(26)21(27)23-16-18(19-9-6-15-28-19)25-13-11-24(12-14-25)17-7-4-3-5-8-17/h3-9,15,18H,2,10-14,16H2,1H3,(H,22,26)(H,23,27)/p+1/t18-/m1/s1. The molecule has 1 atom stereocenters. The van der Waals surface area contributed by atoms with Gasteiger partial charge in [-0.15, -0.1) is 0 Å². The average molecular weight is 385 g/mol. The van der Waals surface area contributed by atoms with Crippen LogP contribution >= 0.6 is 0 Å². The van der Waals surface area contributed by atoms with Crippen molar-refractivity contribution < 1.29 is 18.9 Å². The molecule has 2 aromatic rings. The Bertz CT molecular complexity index is 740. The Hall–Kier alpha value is -2.80. The van der Waals surface area contributed by atoms with Crippen LogP contribution < -0.4 is 20.4 Å². The topological polar surface area (TPSA) is 79.0 Å². The maximum atomic E-state index is 12.1. The van der Waals surface area contributed by atoms with Crippen LogP contribution in [0.1, 0.15) is 25.1 Å². The van der Waals surface area contributed by atoms with Crippen LogP contribution in [-0.2, 0) is 9.59 Å². The van der Waals surface area contributed by atoms with Crippen molar-refractivity contribution in [1.82, 2.24) is 10.6 Å². The van der Waals surface area contributed by atoms with E-state index in [1.165, 1.54) is 10.6 Å². The number of nitrogens with zero attached hydrogens (tertiary/aromatic N) is 1. The molecule has 1 aliphatic heterocycles. The normalized spacial score (nSPS) is 15.8. The second-order valence-corrected chi connectivity index (χ2v) is 7.01. The number of nitrogens with one attached hydrogen (secondary N) is 3. The smallest absolute Gasteiger partial charge is 0.309 e. The van der Waals surface area contributed by atoms with Gasteiger partial charge in [-0.2, -0.15) is 0 Å². The highest BCUT2D eigenvalue weighted by Crippen LogP contribution is 2.14. The third-order valence-electron chi connectivity index (χ3n) is 5.11. The van der Waals surface area contributed by atoms with Crippen LogP contribution in [0.5, 0.6) is 0 Å². The number of hydrogen-bond donors (Lipinski definition) is 3. The highest BCUT2D eigenvalue weighted by molar-refractivity contribution is 6.35. The average Bonchev–Trinajstić information content (AvgIpc) is 3.27. The molecule has 7 nitrogen and oxygen atoms in total. The minimum Gasteiger partial charge on any atom is -0.463 e. The third-order valence-corrected chi connectivity index (χ3v) is 5.11. The minimum atomic E-state index is -0.590. The Kier molecular flexibility index (Phi) is 7.08. The molecule has 7 heteroatoms. The zero-order valence-electron chi connectivity index (χ0n) is 16.3. The van der Waals surface area contributed by atoms with Gasteiger partial charge in [-0.3, -0.25) is 9.59 Å². The van der Waals surface area contributed by atoms with Crippen molar-refractivity contribution in [3.8, 4) is 0 Å². The number of carbonyl (C=O) groups excluding carboxylic acids is 2. The van der Waals surface area contributed by atoms with Crippen molar-refractivity contribution in [2.75, 3.05) is 44.2 Å². The van der Waals surface area contributed by atoms with E-state index in [2.05, 4.69) is 39.8 Å². The molecule has 1 aromatic heterocycles. The van der Waals surface area contributed by atoms with Crippen LogP contribution in [0.4, 0.5) is 5.69 Å². The van der Waals surface area contributed by atoms with Gasteiger partial charge in [0, 0.05) is 12.2 Å². The van der Waals surface area contributed by atoms with Gasteiger partial charge in [-0.1, -0.05) is 25.1 Å². The lowest BCUT2D eigenvalue weighted by Crippen LogP contribution is -3.15. The summed E-state index contributed by atoms with van der Waals surface area (Å²) in [7, 11) is 0. The van der Waals surface area contributed by atoms with E-state index in [4.69, 9.17) is 4.42 Å². The lowest BCUT2D eigenvalue weighted by Gasteiger charge is -2.37. The summed E-state index contributed by atoms with van der Waals surface area (Å²) in [4.78, 5) is 27.6. The van der Waals surface area contributed by atoms with Gasteiger partial charge in [0.05, 0.1) is 39.0 Å². The van der Waals surface area contributed by atoms with Gasteiger partial charge in [-0.05, 0) is 30.7 Å². The maximum absolute atomic E-state index is 12.1. The van der Waals surface area contributed by atoms with Gasteiger partial charge in [0.2, 0.25) is 0 Å². The van der Waals surface area contributed by atoms with E-state index in [0.717, 1.165) is 38.4 Å². The van der Waals surface area contributed by atoms with Crippen molar-refractivity contribution in [2.24, 2.45) is 0 Å². The van der Waals surface area contributed by atoms with Crippen molar-refractivity contribution in [1.29, 1.82) is 0 Å². The van der Waals surface area contributed by atoms with Gasteiger partial charge in [0.1, 0.15) is 0 Å². The molecule has 3 N–H and O–H groups in total. The highest BCUT2D eigenvalue weighted by Gasteiger charge is 2.31. The Morgan fingerprint density at radius 3 is 2.43 bits per heavy atom. The molecule has 0 saturated carbocycles. The third kappa shape index (κ3) is 5.13. The number of benzene rings is 1. The van der Waals surface area contributed by atoms with Crippen LogP contribution in [0.2, 0.25) is 0 Å². The zero-order valence-corrected chi connectivity index (χ0v) is 16.3. The van der Waals surface area contributed by atoms with E-state index in [1.54, 1.807) is 6.26 Å². The SMILES string of the molecule is CCCNC(=O)C(=O)NC[C@H](c1ccco1)[NH+]1CCN(c2ccccc2)CC1. The number of anilines is 1. The van der Waals surface area contributed by atoms with Gasteiger partial charge in [-0.25, -0.2) is 0 Å². The first-order valence-corrected chi connectivity index (χ1v) is 9.93. The molecule has 0 unspecified atom stereocenters. The number of quaternary nitrogens is 1. The molecule has 150 valence electrons. The van der Waals surface area contributed by atoms with Crippen LogP contribution in [0.3, 0.4) is 0 Å². The van der Waals surface area contributed by atoms with Crippen molar-refractivity contribution in [3.05, 3.63) is 54.5 Å². The first kappa shape index (κ1) is 19.9. The molecule has 2 heterocycles. The second kappa shape index (κ2) is 9.94. The Morgan fingerprint density at radius 1 is 1.07 bits per heavy atom. The van der Waals surface area contributed by atoms with E-state index in [9.17, 15) is 9.59 Å². The minimum absolute atomic E-state index is 0.0177. The summed E-state index contributed by atoms with van der Waals surface area (Å²) in [6, 6.07) is 14.2. The molecule has 0 spiro atoms. The van der Waals surface area contributed by atoms with Crippen molar-refractivity contribution in [3.63, 3.8) is 0 Å². The molecule has 2 amide bonds. The van der Waals surface area contributed by atoms with Crippen molar-refractivity contribution in [2.45, 2.75) is 19.4 Å². The fraction of sp³-hybridized carbons (Fsp3) is 0.429. The number of hydrogen-bond acceptors (Lipinski definition) is 4. The first-order valence-electron chi connectivity index (χ1n) is 9.93. The molecule has 0 bridgehead atoms. The number of rotatable bonds is 7. The molecule has 1 fully saturated rings. The van der Waals surface area contributed by atoms with Gasteiger partial charge in [0.15, 0.2) is 11.8 Å². The van der Waals surface area contributed by atoms with E-state index in [1.807, 2.05) is 25.1 Å². The summed E-state index contributed by atoms with van der Waals surface area (Å²) in [5.41, 5.74) is 1.23. The van der Waals surface area contributed by atoms with Gasteiger partial charge in [0.25, 0.3) is 0 Å². The van der Waals surface area contributed by atoms with E-state index >= 15 is 0 Å². The fourth-order valence-corrected chi connectivity index (χ4v) is 3.57.